The van der Waals surface area contributed by atoms with Crippen LogP contribution in [-0.4, -0.2) is 29.6 Å². The van der Waals surface area contributed by atoms with E-state index >= 15 is 0 Å². The number of benzene rings is 2. The van der Waals surface area contributed by atoms with E-state index < -0.39 is 0 Å². The Labute approximate surface area is 149 Å². The number of aromatic nitrogens is 1. The number of hydrogen-bond donors (Lipinski definition) is 0. The van der Waals surface area contributed by atoms with Gasteiger partial charge < -0.3 is 14.4 Å². The van der Waals surface area contributed by atoms with Crippen LogP contribution >= 0.6 is 11.3 Å². The second kappa shape index (κ2) is 6.72. The molecule has 1 aliphatic heterocycles. The molecule has 128 valence electrons. The molecule has 0 bridgehead atoms. The minimum Gasteiger partial charge on any atom is -0.454 e. The van der Waals surface area contributed by atoms with Crippen molar-refractivity contribution in [1.82, 2.24) is 9.88 Å². The zero-order valence-electron chi connectivity index (χ0n) is 13.9. The van der Waals surface area contributed by atoms with Crippen LogP contribution in [0.25, 0.3) is 10.2 Å². The van der Waals surface area contributed by atoms with Gasteiger partial charge in [-0.3, -0.25) is 4.79 Å². The Morgan fingerprint density at radius 3 is 2.92 bits per heavy atom. The molecule has 0 saturated carbocycles. The molecule has 4 rings (SSSR count). The third kappa shape index (κ3) is 3.44. The van der Waals surface area contributed by atoms with E-state index in [1.807, 2.05) is 43.4 Å². The third-order valence-corrected chi connectivity index (χ3v) is 5.27. The van der Waals surface area contributed by atoms with E-state index in [1.165, 1.54) is 4.70 Å². The van der Waals surface area contributed by atoms with E-state index in [1.54, 1.807) is 16.2 Å². The first-order valence-electron chi connectivity index (χ1n) is 8.16. The molecule has 0 fully saturated rings. The molecule has 1 aliphatic rings. The van der Waals surface area contributed by atoms with E-state index in [9.17, 15) is 4.79 Å². The number of thiazole rings is 1. The highest BCUT2D eigenvalue weighted by molar-refractivity contribution is 7.18. The highest BCUT2D eigenvalue weighted by Crippen LogP contribution is 2.32. The maximum absolute atomic E-state index is 12.4. The lowest BCUT2D eigenvalue weighted by Gasteiger charge is -2.17. The number of carbonyl (C=O) groups excluding carboxylic acids is 1. The minimum atomic E-state index is 0.108. The smallest absolute Gasteiger partial charge is 0.231 e. The van der Waals surface area contributed by atoms with Crippen molar-refractivity contribution in [2.45, 2.75) is 19.4 Å². The number of fused-ring (bicyclic) bond motifs is 2. The summed E-state index contributed by atoms with van der Waals surface area (Å²) in [4.78, 5) is 18.7. The first kappa shape index (κ1) is 15.9. The quantitative estimate of drug-likeness (QED) is 0.702. The zero-order chi connectivity index (χ0) is 17.2. The lowest BCUT2D eigenvalue weighted by atomic mass is 10.2. The van der Waals surface area contributed by atoms with Gasteiger partial charge in [0, 0.05) is 26.4 Å². The maximum Gasteiger partial charge on any atom is 0.231 e. The molecule has 1 amide bonds. The molecule has 0 atom stereocenters. The molecule has 0 unspecified atom stereocenters. The first-order valence-corrected chi connectivity index (χ1v) is 8.97. The Balaban J connectivity index is 1.35. The summed E-state index contributed by atoms with van der Waals surface area (Å²) < 4.78 is 11.9. The van der Waals surface area contributed by atoms with Gasteiger partial charge in [0.2, 0.25) is 12.7 Å². The molecule has 0 saturated heterocycles. The Bertz CT molecular complexity index is 889. The lowest BCUT2D eigenvalue weighted by Crippen LogP contribution is -2.26. The molecule has 0 aliphatic carbocycles. The van der Waals surface area contributed by atoms with E-state index in [-0.39, 0.29) is 12.7 Å². The van der Waals surface area contributed by atoms with Crippen molar-refractivity contribution in [2.75, 3.05) is 13.8 Å². The number of amides is 1. The number of para-hydroxylation sites is 1. The van der Waals surface area contributed by atoms with E-state index in [4.69, 9.17) is 9.47 Å². The molecule has 0 spiro atoms. The standard InChI is InChI=1S/C19H18N2O3S/c1-21(11-13-6-7-15-16(10-13)24-12-23-15)19(22)9-8-18-20-14-4-2-3-5-17(14)25-18/h2-7,10H,8-9,11-12H2,1H3. The van der Waals surface area contributed by atoms with Crippen LogP contribution in [0.4, 0.5) is 0 Å². The first-order chi connectivity index (χ1) is 12.2. The van der Waals surface area contributed by atoms with Crippen LogP contribution in [-0.2, 0) is 17.8 Å². The number of nitrogens with zero attached hydrogens (tertiary/aromatic N) is 2. The fourth-order valence-corrected chi connectivity index (χ4v) is 3.80. The number of ether oxygens (including phenoxy) is 2. The average Bonchev–Trinajstić information content (AvgIpc) is 3.25. The van der Waals surface area contributed by atoms with E-state index in [0.717, 1.165) is 27.6 Å². The molecule has 6 heteroatoms. The summed E-state index contributed by atoms with van der Waals surface area (Å²) in [5, 5.41) is 1.01. The van der Waals surface area contributed by atoms with Crippen molar-refractivity contribution in [2.24, 2.45) is 0 Å². The fraction of sp³-hybridized carbons (Fsp3) is 0.263. The molecule has 5 nitrogen and oxygen atoms in total. The zero-order valence-corrected chi connectivity index (χ0v) is 14.7. The van der Waals surface area contributed by atoms with E-state index in [0.29, 0.717) is 19.4 Å². The van der Waals surface area contributed by atoms with Crippen LogP contribution < -0.4 is 9.47 Å². The van der Waals surface area contributed by atoms with Gasteiger partial charge in [0.05, 0.1) is 15.2 Å². The summed E-state index contributed by atoms with van der Waals surface area (Å²) in [6, 6.07) is 13.8. The molecular weight excluding hydrogens is 336 g/mol. The Morgan fingerprint density at radius 1 is 1.20 bits per heavy atom. The molecule has 1 aromatic heterocycles. The number of rotatable bonds is 5. The van der Waals surface area contributed by atoms with Gasteiger partial charge in [-0.25, -0.2) is 4.98 Å². The predicted octanol–water partition coefficient (Wildman–Crippen LogP) is 3.62. The molecule has 3 aromatic rings. The van der Waals surface area contributed by atoms with Gasteiger partial charge in [0.15, 0.2) is 11.5 Å². The van der Waals surface area contributed by atoms with Gasteiger partial charge in [-0.2, -0.15) is 0 Å². The molecule has 2 aromatic carbocycles. The highest BCUT2D eigenvalue weighted by atomic mass is 32.1. The summed E-state index contributed by atoms with van der Waals surface area (Å²) in [6.07, 6.45) is 1.13. The van der Waals surface area contributed by atoms with Crippen molar-refractivity contribution in [1.29, 1.82) is 0 Å². The average molecular weight is 354 g/mol. The predicted molar refractivity (Wildman–Crippen MR) is 97.0 cm³/mol. The fourth-order valence-electron chi connectivity index (χ4n) is 2.83. The molecule has 0 N–H and O–H groups in total. The van der Waals surface area contributed by atoms with Crippen molar-refractivity contribution in [3.8, 4) is 11.5 Å². The van der Waals surface area contributed by atoms with Crippen LogP contribution in [0.5, 0.6) is 11.5 Å². The maximum atomic E-state index is 12.4. The SMILES string of the molecule is CN(Cc1ccc2c(c1)OCO2)C(=O)CCc1nc2ccccc2s1. The molecule has 2 heterocycles. The minimum absolute atomic E-state index is 0.108. The van der Waals surface area contributed by atoms with Crippen molar-refractivity contribution >= 4 is 27.5 Å². The second-order valence-electron chi connectivity index (χ2n) is 6.01. The normalized spacial score (nSPS) is 12.5. The Kier molecular flexibility index (Phi) is 4.28. The van der Waals surface area contributed by atoms with Gasteiger partial charge in [-0.1, -0.05) is 18.2 Å². The van der Waals surface area contributed by atoms with Crippen molar-refractivity contribution in [3.63, 3.8) is 0 Å². The summed E-state index contributed by atoms with van der Waals surface area (Å²) in [6.45, 7) is 0.811. The van der Waals surface area contributed by atoms with Gasteiger partial charge in [0.1, 0.15) is 0 Å². The molecule has 25 heavy (non-hydrogen) atoms. The summed E-state index contributed by atoms with van der Waals surface area (Å²) in [5.74, 6) is 1.61. The summed E-state index contributed by atoms with van der Waals surface area (Å²) in [7, 11) is 1.82. The third-order valence-electron chi connectivity index (χ3n) is 4.17. The number of aryl methyl sites for hydroxylation is 1. The van der Waals surface area contributed by atoms with Gasteiger partial charge >= 0.3 is 0 Å². The number of carbonyl (C=O) groups is 1. The van der Waals surface area contributed by atoms with Crippen LogP contribution in [0.3, 0.4) is 0 Å². The van der Waals surface area contributed by atoms with Crippen LogP contribution in [0, 0.1) is 0 Å². The van der Waals surface area contributed by atoms with Crippen molar-refractivity contribution < 1.29 is 14.3 Å². The van der Waals surface area contributed by atoms with Crippen molar-refractivity contribution in [3.05, 3.63) is 53.0 Å². The van der Waals surface area contributed by atoms with Crippen LogP contribution in [0.2, 0.25) is 0 Å². The Hall–Kier alpha value is -2.60. The summed E-state index contributed by atoms with van der Waals surface area (Å²) in [5.41, 5.74) is 2.03. The topological polar surface area (TPSA) is 51.7 Å². The molecule has 0 radical (unpaired) electrons. The molecular formula is C19H18N2O3S. The largest absolute Gasteiger partial charge is 0.454 e. The second-order valence-corrected chi connectivity index (χ2v) is 7.13. The van der Waals surface area contributed by atoms with Crippen LogP contribution in [0.15, 0.2) is 42.5 Å². The van der Waals surface area contributed by atoms with E-state index in [2.05, 4.69) is 11.1 Å². The van der Waals surface area contributed by atoms with Gasteiger partial charge in [0.25, 0.3) is 0 Å². The monoisotopic (exact) mass is 354 g/mol. The van der Waals surface area contributed by atoms with Gasteiger partial charge in [-0.15, -0.1) is 11.3 Å². The Morgan fingerprint density at radius 2 is 2.04 bits per heavy atom. The summed E-state index contributed by atoms with van der Waals surface area (Å²) >= 11 is 1.66. The van der Waals surface area contributed by atoms with Gasteiger partial charge in [-0.05, 0) is 29.8 Å². The van der Waals surface area contributed by atoms with Crippen LogP contribution in [0.1, 0.15) is 17.0 Å². The lowest BCUT2D eigenvalue weighted by molar-refractivity contribution is -0.130. The number of hydrogen-bond acceptors (Lipinski definition) is 5. The highest BCUT2D eigenvalue weighted by Gasteiger charge is 2.16.